The quantitative estimate of drug-likeness (QED) is 0.748. The van der Waals surface area contributed by atoms with Gasteiger partial charge < -0.3 is 9.29 Å². The van der Waals surface area contributed by atoms with Gasteiger partial charge in [0.1, 0.15) is 11.1 Å². The number of ether oxygens (including phenoxy) is 1. The average molecular weight is 229 g/mol. The molecular weight excluding hydrogens is 214 g/mol. The molecule has 0 spiro atoms. The fourth-order valence-corrected chi connectivity index (χ4v) is 1.34. The van der Waals surface area contributed by atoms with Crippen molar-refractivity contribution >= 4 is 11.1 Å². The number of methoxy groups -OCH3 is 1. The second kappa shape index (κ2) is 5.85. The van der Waals surface area contributed by atoms with Gasteiger partial charge in [0.05, 0.1) is 7.11 Å². The third-order valence-corrected chi connectivity index (χ3v) is 2.80. The molecule has 2 unspecified atom stereocenters. The van der Waals surface area contributed by atoms with Crippen LogP contribution in [-0.2, 0) is 17.6 Å². The van der Waals surface area contributed by atoms with E-state index in [2.05, 4.69) is 5.32 Å². The van der Waals surface area contributed by atoms with Crippen molar-refractivity contribution in [3.63, 3.8) is 0 Å². The molecule has 0 saturated heterocycles. The van der Waals surface area contributed by atoms with Crippen LogP contribution in [0.3, 0.4) is 0 Å². The van der Waals surface area contributed by atoms with Crippen LogP contribution in [0.4, 0.5) is 0 Å². The lowest BCUT2D eigenvalue weighted by molar-refractivity contribution is 0.414. The van der Waals surface area contributed by atoms with Gasteiger partial charge in [0.2, 0.25) is 0 Å². The standard InChI is InChI=1S/C10H15NO3S/c1-8(15(12)13)11-7-9-4-3-5-10(6-9)14-2/h3-6,8,11H,7H2,1-2H3,(H,12,13). The number of rotatable bonds is 5. The van der Waals surface area contributed by atoms with Gasteiger partial charge in [0.15, 0.2) is 11.1 Å². The highest BCUT2D eigenvalue weighted by Gasteiger charge is 2.06. The first-order chi connectivity index (χ1) is 7.13. The Balaban J connectivity index is 2.53. The Kier molecular flexibility index (Phi) is 4.74. The summed E-state index contributed by atoms with van der Waals surface area (Å²) in [6.07, 6.45) is 0. The normalized spacial score (nSPS) is 14.6. The summed E-state index contributed by atoms with van der Waals surface area (Å²) in [6, 6.07) is 7.57. The van der Waals surface area contributed by atoms with Gasteiger partial charge in [0.25, 0.3) is 0 Å². The van der Waals surface area contributed by atoms with E-state index in [1.165, 1.54) is 0 Å². The predicted octanol–water partition coefficient (Wildman–Crippen LogP) is 1.35. The van der Waals surface area contributed by atoms with Crippen LogP contribution in [0.1, 0.15) is 12.5 Å². The van der Waals surface area contributed by atoms with Crippen LogP contribution in [0, 0.1) is 0 Å². The Morgan fingerprint density at radius 1 is 1.60 bits per heavy atom. The van der Waals surface area contributed by atoms with E-state index < -0.39 is 16.5 Å². The second-order valence-electron chi connectivity index (χ2n) is 3.15. The molecule has 2 atom stereocenters. The van der Waals surface area contributed by atoms with Crippen molar-refractivity contribution in [3.05, 3.63) is 29.8 Å². The molecule has 0 aliphatic rings. The van der Waals surface area contributed by atoms with E-state index in [-0.39, 0.29) is 0 Å². The summed E-state index contributed by atoms with van der Waals surface area (Å²) in [5.74, 6) is 0.784. The smallest absolute Gasteiger partial charge is 0.170 e. The van der Waals surface area contributed by atoms with Gasteiger partial charge in [-0.1, -0.05) is 12.1 Å². The molecule has 0 radical (unpaired) electrons. The summed E-state index contributed by atoms with van der Waals surface area (Å²) in [5.41, 5.74) is 1.02. The fourth-order valence-electron chi connectivity index (χ4n) is 1.12. The van der Waals surface area contributed by atoms with Gasteiger partial charge in [-0.15, -0.1) is 0 Å². The van der Waals surface area contributed by atoms with Crippen LogP contribution < -0.4 is 10.1 Å². The van der Waals surface area contributed by atoms with Crippen molar-refractivity contribution in [2.75, 3.05) is 7.11 Å². The Morgan fingerprint density at radius 2 is 2.33 bits per heavy atom. The van der Waals surface area contributed by atoms with Crippen molar-refractivity contribution < 1.29 is 13.5 Å². The molecule has 1 rings (SSSR count). The van der Waals surface area contributed by atoms with E-state index in [0.29, 0.717) is 6.54 Å². The second-order valence-corrected chi connectivity index (χ2v) is 4.41. The van der Waals surface area contributed by atoms with Gasteiger partial charge in [0, 0.05) is 6.54 Å². The Bertz CT molecular complexity index is 343. The number of hydrogen-bond acceptors (Lipinski definition) is 3. The van der Waals surface area contributed by atoms with Crippen LogP contribution in [0.15, 0.2) is 24.3 Å². The molecule has 0 aromatic heterocycles. The van der Waals surface area contributed by atoms with E-state index >= 15 is 0 Å². The van der Waals surface area contributed by atoms with E-state index in [9.17, 15) is 4.21 Å². The molecule has 5 heteroatoms. The minimum atomic E-state index is -1.83. The predicted molar refractivity (Wildman–Crippen MR) is 60.1 cm³/mol. The average Bonchev–Trinajstić information content (AvgIpc) is 2.26. The molecule has 0 fully saturated rings. The van der Waals surface area contributed by atoms with Gasteiger partial charge in [-0.05, 0) is 24.6 Å². The lowest BCUT2D eigenvalue weighted by Gasteiger charge is -2.10. The zero-order valence-corrected chi connectivity index (χ0v) is 9.58. The molecule has 0 amide bonds. The summed E-state index contributed by atoms with van der Waals surface area (Å²) in [5, 5.41) is 2.51. The number of benzene rings is 1. The molecule has 0 heterocycles. The van der Waals surface area contributed by atoms with E-state index in [0.717, 1.165) is 11.3 Å². The minimum absolute atomic E-state index is 0.434. The zero-order chi connectivity index (χ0) is 11.3. The van der Waals surface area contributed by atoms with Crippen molar-refractivity contribution in [2.45, 2.75) is 18.8 Å². The Hall–Kier alpha value is -0.910. The van der Waals surface area contributed by atoms with E-state index in [4.69, 9.17) is 9.29 Å². The maximum atomic E-state index is 10.7. The largest absolute Gasteiger partial charge is 0.497 e. The zero-order valence-electron chi connectivity index (χ0n) is 8.77. The first-order valence-electron chi connectivity index (χ1n) is 4.59. The van der Waals surface area contributed by atoms with Crippen LogP contribution in [0.2, 0.25) is 0 Å². The molecule has 0 aliphatic carbocycles. The van der Waals surface area contributed by atoms with Gasteiger partial charge in [-0.25, -0.2) is 4.21 Å². The monoisotopic (exact) mass is 229 g/mol. The van der Waals surface area contributed by atoms with E-state index in [1.54, 1.807) is 14.0 Å². The molecule has 0 bridgehead atoms. The van der Waals surface area contributed by atoms with Crippen molar-refractivity contribution in [3.8, 4) is 5.75 Å². The van der Waals surface area contributed by atoms with Crippen LogP contribution in [0.5, 0.6) is 5.75 Å². The highest BCUT2D eigenvalue weighted by Crippen LogP contribution is 2.12. The minimum Gasteiger partial charge on any atom is -0.497 e. The molecule has 1 aromatic rings. The van der Waals surface area contributed by atoms with E-state index in [1.807, 2.05) is 24.3 Å². The Labute approximate surface area is 91.9 Å². The summed E-state index contributed by atoms with van der Waals surface area (Å²) in [4.78, 5) is 0. The lowest BCUT2D eigenvalue weighted by atomic mass is 10.2. The molecule has 84 valence electrons. The SMILES string of the molecule is COc1cccc(CNC(C)S(=O)O)c1. The molecule has 0 saturated carbocycles. The maximum absolute atomic E-state index is 10.7. The van der Waals surface area contributed by atoms with Gasteiger partial charge >= 0.3 is 0 Å². The van der Waals surface area contributed by atoms with Crippen LogP contribution in [-0.4, -0.2) is 21.2 Å². The molecule has 1 aromatic carbocycles. The first kappa shape index (κ1) is 12.2. The fraction of sp³-hybridized carbons (Fsp3) is 0.400. The molecule has 15 heavy (non-hydrogen) atoms. The maximum Gasteiger partial charge on any atom is 0.170 e. The highest BCUT2D eigenvalue weighted by atomic mass is 32.2. The topological polar surface area (TPSA) is 58.6 Å². The summed E-state index contributed by atoms with van der Waals surface area (Å²) < 4.78 is 24.5. The van der Waals surface area contributed by atoms with Crippen LogP contribution in [0.25, 0.3) is 0 Å². The van der Waals surface area contributed by atoms with Crippen molar-refractivity contribution in [1.82, 2.24) is 5.32 Å². The number of nitrogens with one attached hydrogen (secondary N) is 1. The lowest BCUT2D eigenvalue weighted by Crippen LogP contribution is -2.29. The van der Waals surface area contributed by atoms with Gasteiger partial charge in [-0.2, -0.15) is 0 Å². The summed E-state index contributed by atoms with van der Waals surface area (Å²) in [7, 11) is 1.61. The molecule has 2 N–H and O–H groups in total. The summed E-state index contributed by atoms with van der Waals surface area (Å²) in [6.45, 7) is 2.21. The summed E-state index contributed by atoms with van der Waals surface area (Å²) >= 11 is -1.83. The third kappa shape index (κ3) is 3.99. The van der Waals surface area contributed by atoms with Crippen LogP contribution >= 0.6 is 0 Å². The molecular formula is C10H15NO3S. The molecule has 0 aliphatic heterocycles. The van der Waals surface area contributed by atoms with Gasteiger partial charge in [-0.3, -0.25) is 5.32 Å². The van der Waals surface area contributed by atoms with Crippen molar-refractivity contribution in [2.24, 2.45) is 0 Å². The van der Waals surface area contributed by atoms with Crippen molar-refractivity contribution in [1.29, 1.82) is 0 Å². The number of hydrogen-bond donors (Lipinski definition) is 2. The molecule has 4 nitrogen and oxygen atoms in total. The highest BCUT2D eigenvalue weighted by molar-refractivity contribution is 7.79. The third-order valence-electron chi connectivity index (χ3n) is 2.03. The first-order valence-corrected chi connectivity index (χ1v) is 5.76. The Morgan fingerprint density at radius 3 is 2.93 bits per heavy atom.